The summed E-state index contributed by atoms with van der Waals surface area (Å²) in [6.07, 6.45) is 1.97. The number of benzene rings is 1. The molecule has 1 aliphatic heterocycles. The third-order valence-electron chi connectivity index (χ3n) is 4.37. The van der Waals surface area contributed by atoms with E-state index >= 15 is 0 Å². The van der Waals surface area contributed by atoms with Crippen LogP contribution < -0.4 is 10.2 Å². The average molecular weight is 354 g/mol. The van der Waals surface area contributed by atoms with Gasteiger partial charge in [-0.2, -0.15) is 0 Å². The maximum absolute atomic E-state index is 12.5. The number of hydrogen-bond acceptors (Lipinski definition) is 5. The molecule has 6 heteroatoms. The SMILES string of the molecule is CN(C)c1ncccc1NC(=O)CC1CN(Cc2ccccc2)CCO1. The first-order chi connectivity index (χ1) is 12.6. The lowest BCUT2D eigenvalue weighted by Crippen LogP contribution is -2.43. The molecular weight excluding hydrogens is 328 g/mol. The number of hydrogen-bond donors (Lipinski definition) is 1. The molecule has 1 amide bonds. The van der Waals surface area contributed by atoms with Gasteiger partial charge in [-0.1, -0.05) is 30.3 Å². The highest BCUT2D eigenvalue weighted by Gasteiger charge is 2.23. The van der Waals surface area contributed by atoms with Crippen molar-refractivity contribution in [3.63, 3.8) is 0 Å². The Bertz CT molecular complexity index is 721. The number of carbonyl (C=O) groups is 1. The zero-order valence-electron chi connectivity index (χ0n) is 15.4. The molecule has 1 unspecified atom stereocenters. The summed E-state index contributed by atoms with van der Waals surface area (Å²) >= 11 is 0. The van der Waals surface area contributed by atoms with E-state index in [2.05, 4.69) is 39.5 Å². The highest BCUT2D eigenvalue weighted by Crippen LogP contribution is 2.21. The van der Waals surface area contributed by atoms with Crippen molar-refractivity contribution in [1.82, 2.24) is 9.88 Å². The Balaban J connectivity index is 1.54. The fraction of sp³-hybridized carbons (Fsp3) is 0.400. The first-order valence-electron chi connectivity index (χ1n) is 8.92. The van der Waals surface area contributed by atoms with Gasteiger partial charge in [-0.15, -0.1) is 0 Å². The number of carbonyl (C=O) groups excluding carboxylic acids is 1. The predicted molar refractivity (Wildman–Crippen MR) is 103 cm³/mol. The summed E-state index contributed by atoms with van der Waals surface area (Å²) in [5.41, 5.74) is 2.00. The van der Waals surface area contributed by atoms with Crippen molar-refractivity contribution in [2.24, 2.45) is 0 Å². The van der Waals surface area contributed by atoms with Crippen LogP contribution in [0.4, 0.5) is 11.5 Å². The van der Waals surface area contributed by atoms with Crippen LogP contribution in [0.3, 0.4) is 0 Å². The number of pyridine rings is 1. The molecule has 0 bridgehead atoms. The van der Waals surface area contributed by atoms with Crippen LogP contribution in [0.2, 0.25) is 0 Å². The Kier molecular flexibility index (Phi) is 6.20. The molecule has 26 heavy (non-hydrogen) atoms. The second-order valence-corrected chi connectivity index (χ2v) is 6.73. The number of morpholine rings is 1. The van der Waals surface area contributed by atoms with Gasteiger partial charge < -0.3 is 15.0 Å². The van der Waals surface area contributed by atoms with E-state index in [1.54, 1.807) is 6.20 Å². The third kappa shape index (κ3) is 5.03. The summed E-state index contributed by atoms with van der Waals surface area (Å²) in [6, 6.07) is 14.1. The van der Waals surface area contributed by atoms with E-state index in [9.17, 15) is 4.79 Å². The predicted octanol–water partition coefficient (Wildman–Crippen LogP) is 2.38. The molecule has 0 spiro atoms. The lowest BCUT2D eigenvalue weighted by molar-refractivity contribution is -0.121. The summed E-state index contributed by atoms with van der Waals surface area (Å²) in [7, 11) is 3.81. The monoisotopic (exact) mass is 354 g/mol. The Hall–Kier alpha value is -2.44. The molecule has 138 valence electrons. The Morgan fingerprint density at radius 2 is 2.08 bits per heavy atom. The zero-order chi connectivity index (χ0) is 18.4. The average Bonchev–Trinajstić information content (AvgIpc) is 2.63. The van der Waals surface area contributed by atoms with E-state index in [0.29, 0.717) is 13.0 Å². The van der Waals surface area contributed by atoms with Crippen LogP contribution in [0.15, 0.2) is 48.7 Å². The van der Waals surface area contributed by atoms with Crippen molar-refractivity contribution >= 4 is 17.4 Å². The molecule has 0 radical (unpaired) electrons. The number of ether oxygens (including phenoxy) is 1. The van der Waals surface area contributed by atoms with Crippen molar-refractivity contribution in [3.8, 4) is 0 Å². The fourth-order valence-electron chi connectivity index (χ4n) is 3.15. The van der Waals surface area contributed by atoms with Crippen molar-refractivity contribution < 1.29 is 9.53 Å². The number of nitrogens with zero attached hydrogens (tertiary/aromatic N) is 3. The first-order valence-corrected chi connectivity index (χ1v) is 8.92. The molecule has 1 fully saturated rings. The molecule has 1 aromatic heterocycles. The molecule has 0 aliphatic carbocycles. The van der Waals surface area contributed by atoms with Crippen molar-refractivity contribution in [1.29, 1.82) is 0 Å². The summed E-state index contributed by atoms with van der Waals surface area (Å²) in [6.45, 7) is 3.19. The minimum Gasteiger partial charge on any atom is -0.375 e. The lowest BCUT2D eigenvalue weighted by Gasteiger charge is -2.32. The molecule has 1 atom stereocenters. The number of anilines is 2. The quantitative estimate of drug-likeness (QED) is 0.863. The minimum atomic E-state index is -0.0908. The molecule has 2 aromatic rings. The summed E-state index contributed by atoms with van der Waals surface area (Å²) in [4.78, 5) is 21.0. The Morgan fingerprint density at radius 3 is 2.85 bits per heavy atom. The molecule has 1 aliphatic rings. The molecule has 3 rings (SSSR count). The van der Waals surface area contributed by atoms with Crippen LogP contribution in [-0.2, 0) is 16.1 Å². The van der Waals surface area contributed by atoms with Crippen LogP contribution >= 0.6 is 0 Å². The topological polar surface area (TPSA) is 57.7 Å². The van der Waals surface area contributed by atoms with E-state index in [1.807, 2.05) is 37.2 Å². The highest BCUT2D eigenvalue weighted by atomic mass is 16.5. The molecule has 1 aromatic carbocycles. The Labute approximate surface area is 154 Å². The lowest BCUT2D eigenvalue weighted by atomic mass is 10.1. The summed E-state index contributed by atoms with van der Waals surface area (Å²) in [5, 5.41) is 2.96. The molecular formula is C20H26N4O2. The molecule has 6 nitrogen and oxygen atoms in total. The van der Waals surface area contributed by atoms with Gasteiger partial charge >= 0.3 is 0 Å². The van der Waals surface area contributed by atoms with E-state index in [-0.39, 0.29) is 12.0 Å². The summed E-state index contributed by atoms with van der Waals surface area (Å²) in [5.74, 6) is 0.698. The maximum Gasteiger partial charge on any atom is 0.227 e. The van der Waals surface area contributed by atoms with Gasteiger partial charge in [-0.05, 0) is 17.7 Å². The smallest absolute Gasteiger partial charge is 0.227 e. The van der Waals surface area contributed by atoms with Gasteiger partial charge in [0.05, 0.1) is 24.8 Å². The van der Waals surface area contributed by atoms with Gasteiger partial charge in [0, 0.05) is 39.9 Å². The second-order valence-electron chi connectivity index (χ2n) is 6.73. The van der Waals surface area contributed by atoms with Gasteiger partial charge in [0.15, 0.2) is 5.82 Å². The number of nitrogens with one attached hydrogen (secondary N) is 1. The van der Waals surface area contributed by atoms with Crippen LogP contribution in [0, 0.1) is 0 Å². The first kappa shape index (κ1) is 18.4. The van der Waals surface area contributed by atoms with E-state index in [1.165, 1.54) is 5.56 Å². The van der Waals surface area contributed by atoms with E-state index in [4.69, 9.17) is 4.74 Å². The third-order valence-corrected chi connectivity index (χ3v) is 4.37. The Morgan fingerprint density at radius 1 is 1.27 bits per heavy atom. The van der Waals surface area contributed by atoms with Crippen molar-refractivity contribution in [2.75, 3.05) is 44.0 Å². The number of amides is 1. The molecule has 0 saturated carbocycles. The molecule has 1 N–H and O–H groups in total. The molecule has 1 saturated heterocycles. The molecule has 2 heterocycles. The largest absolute Gasteiger partial charge is 0.375 e. The normalized spacial score (nSPS) is 17.7. The van der Waals surface area contributed by atoms with Crippen LogP contribution in [0.25, 0.3) is 0 Å². The fourth-order valence-corrected chi connectivity index (χ4v) is 3.15. The van der Waals surface area contributed by atoms with Crippen molar-refractivity contribution in [3.05, 3.63) is 54.2 Å². The van der Waals surface area contributed by atoms with Gasteiger partial charge in [-0.25, -0.2) is 4.98 Å². The zero-order valence-corrected chi connectivity index (χ0v) is 15.4. The number of rotatable bonds is 6. The van der Waals surface area contributed by atoms with E-state index in [0.717, 1.165) is 31.1 Å². The van der Waals surface area contributed by atoms with Crippen molar-refractivity contribution in [2.45, 2.75) is 19.1 Å². The second kappa shape index (κ2) is 8.78. The van der Waals surface area contributed by atoms with Crippen LogP contribution in [-0.4, -0.2) is 55.7 Å². The van der Waals surface area contributed by atoms with Gasteiger partial charge in [0.1, 0.15) is 0 Å². The number of aromatic nitrogens is 1. The highest BCUT2D eigenvalue weighted by molar-refractivity contribution is 5.93. The van der Waals surface area contributed by atoms with Gasteiger partial charge in [0.25, 0.3) is 0 Å². The van der Waals surface area contributed by atoms with Gasteiger partial charge in [0.2, 0.25) is 5.91 Å². The minimum absolute atomic E-state index is 0.0485. The van der Waals surface area contributed by atoms with Crippen LogP contribution in [0.5, 0.6) is 0 Å². The summed E-state index contributed by atoms with van der Waals surface area (Å²) < 4.78 is 5.80. The standard InChI is InChI=1S/C20H26N4O2/c1-23(2)20-18(9-6-10-21-20)22-19(25)13-17-15-24(11-12-26-17)14-16-7-4-3-5-8-16/h3-10,17H,11-15H2,1-2H3,(H,22,25). The maximum atomic E-state index is 12.5. The van der Waals surface area contributed by atoms with E-state index < -0.39 is 0 Å². The van der Waals surface area contributed by atoms with Gasteiger partial charge in [-0.3, -0.25) is 9.69 Å². The van der Waals surface area contributed by atoms with Crippen LogP contribution in [0.1, 0.15) is 12.0 Å².